The lowest BCUT2D eigenvalue weighted by Gasteiger charge is -2.38. The molecule has 0 aliphatic heterocycles. The Morgan fingerprint density at radius 1 is 0.800 bits per heavy atom. The van der Waals surface area contributed by atoms with E-state index < -0.39 is 23.4 Å². The quantitative estimate of drug-likeness (QED) is 0.209. The Labute approximate surface area is 208 Å². The number of hydrogen-bond acceptors (Lipinski definition) is 3. The molecule has 4 rings (SSSR count). The van der Waals surface area contributed by atoms with Gasteiger partial charge in [0.25, 0.3) is 0 Å². The van der Waals surface area contributed by atoms with Gasteiger partial charge >= 0.3 is 5.97 Å². The Morgan fingerprint density at radius 3 is 1.89 bits per heavy atom. The highest BCUT2D eigenvalue weighted by atomic mass is 19.2. The summed E-state index contributed by atoms with van der Waals surface area (Å²) in [5.74, 6) is -1.94. The van der Waals surface area contributed by atoms with E-state index in [0.717, 1.165) is 37.2 Å². The van der Waals surface area contributed by atoms with Crippen LogP contribution in [0.5, 0.6) is 5.75 Å². The van der Waals surface area contributed by atoms with Gasteiger partial charge in [0.1, 0.15) is 5.75 Å². The normalized spacial score (nSPS) is 31.8. The van der Waals surface area contributed by atoms with Crippen LogP contribution in [0.1, 0.15) is 96.8 Å². The van der Waals surface area contributed by atoms with Crippen molar-refractivity contribution in [2.75, 3.05) is 6.61 Å². The van der Waals surface area contributed by atoms with E-state index in [0.29, 0.717) is 30.9 Å². The molecule has 0 atom stereocenters. The van der Waals surface area contributed by atoms with E-state index in [9.17, 15) is 18.0 Å². The topological polar surface area (TPSA) is 35.5 Å². The third-order valence-corrected chi connectivity index (χ3v) is 8.90. The Hall–Kier alpha value is -1.56. The predicted octanol–water partition coefficient (Wildman–Crippen LogP) is 8.00. The minimum absolute atomic E-state index is 0.159. The van der Waals surface area contributed by atoms with E-state index in [1.807, 2.05) is 0 Å². The maximum Gasteiger partial charge on any atom is 0.314 e. The lowest BCUT2D eigenvalue weighted by molar-refractivity contribution is -0.141. The fourth-order valence-electron chi connectivity index (χ4n) is 6.71. The van der Waals surface area contributed by atoms with Gasteiger partial charge in [0.05, 0.1) is 12.0 Å². The number of ether oxygens (including phenoxy) is 2. The van der Waals surface area contributed by atoms with Gasteiger partial charge in [-0.3, -0.25) is 4.79 Å². The third-order valence-electron chi connectivity index (χ3n) is 8.90. The van der Waals surface area contributed by atoms with Gasteiger partial charge in [0.15, 0.2) is 17.5 Å². The number of carbonyl (C=O) groups is 1. The van der Waals surface area contributed by atoms with Gasteiger partial charge in [-0.2, -0.15) is 0 Å². The second-order valence-electron chi connectivity index (χ2n) is 11.3. The summed E-state index contributed by atoms with van der Waals surface area (Å²) in [4.78, 5) is 12.4. The van der Waals surface area contributed by atoms with Gasteiger partial charge in [-0.05, 0) is 87.9 Å². The first kappa shape index (κ1) is 26.5. The number of benzene rings is 1. The maximum absolute atomic E-state index is 13.4. The second-order valence-corrected chi connectivity index (χ2v) is 11.3. The molecular weight excluding hydrogens is 453 g/mol. The number of halogens is 3. The minimum Gasteiger partial charge on any atom is -0.426 e. The van der Waals surface area contributed by atoms with Crippen LogP contribution in [0.15, 0.2) is 12.1 Å². The molecule has 3 fully saturated rings. The molecule has 1 aromatic carbocycles. The second kappa shape index (κ2) is 12.6. The van der Waals surface area contributed by atoms with E-state index in [2.05, 4.69) is 6.92 Å². The molecule has 3 saturated carbocycles. The zero-order valence-electron chi connectivity index (χ0n) is 21.1. The Kier molecular flexibility index (Phi) is 9.54. The van der Waals surface area contributed by atoms with E-state index in [1.54, 1.807) is 0 Å². The van der Waals surface area contributed by atoms with E-state index in [1.165, 1.54) is 64.2 Å². The van der Waals surface area contributed by atoms with Crippen LogP contribution >= 0.6 is 0 Å². The number of hydrogen-bond donors (Lipinski definition) is 0. The van der Waals surface area contributed by atoms with Crippen molar-refractivity contribution in [2.45, 2.75) is 103 Å². The number of esters is 1. The highest BCUT2D eigenvalue weighted by Crippen LogP contribution is 2.42. The molecular formula is C29H41F3O3. The van der Waals surface area contributed by atoms with Gasteiger partial charge < -0.3 is 9.47 Å². The maximum atomic E-state index is 13.4. The lowest BCUT2D eigenvalue weighted by Crippen LogP contribution is -2.31. The minimum atomic E-state index is -1.56. The Morgan fingerprint density at radius 2 is 1.34 bits per heavy atom. The molecule has 0 spiro atoms. The molecule has 196 valence electrons. The summed E-state index contributed by atoms with van der Waals surface area (Å²) in [5, 5.41) is 0. The molecule has 0 N–H and O–H groups in total. The monoisotopic (exact) mass is 494 g/mol. The SMILES string of the molecule is CCCC1CCC(C2CCC(COC3CCC(C(=O)Oc4cc(F)c(F)c(F)c4)CC3)CC2)CC1. The molecule has 0 saturated heterocycles. The first-order chi connectivity index (χ1) is 16.9. The van der Waals surface area contributed by atoms with Crippen LogP contribution < -0.4 is 4.74 Å². The van der Waals surface area contributed by atoms with Crippen molar-refractivity contribution < 1.29 is 27.4 Å². The Bertz CT molecular complexity index is 797. The van der Waals surface area contributed by atoms with Crippen molar-refractivity contribution in [2.24, 2.45) is 29.6 Å². The van der Waals surface area contributed by atoms with Crippen LogP contribution in [0.4, 0.5) is 13.2 Å². The highest BCUT2D eigenvalue weighted by Gasteiger charge is 2.32. The first-order valence-electron chi connectivity index (χ1n) is 13.9. The summed E-state index contributed by atoms with van der Waals surface area (Å²) in [6, 6.07) is 1.41. The van der Waals surface area contributed by atoms with Crippen LogP contribution in [-0.2, 0) is 9.53 Å². The summed E-state index contributed by atoms with van der Waals surface area (Å²) >= 11 is 0. The van der Waals surface area contributed by atoms with Crippen LogP contribution in [0, 0.1) is 47.0 Å². The van der Waals surface area contributed by atoms with E-state index >= 15 is 0 Å². The Balaban J connectivity index is 1.11. The van der Waals surface area contributed by atoms with Crippen molar-refractivity contribution in [3.05, 3.63) is 29.6 Å². The van der Waals surface area contributed by atoms with Crippen molar-refractivity contribution in [3.63, 3.8) is 0 Å². The largest absolute Gasteiger partial charge is 0.426 e. The molecule has 6 heteroatoms. The average Bonchev–Trinajstić information content (AvgIpc) is 2.87. The molecule has 3 aliphatic carbocycles. The molecule has 0 radical (unpaired) electrons. The molecule has 3 nitrogen and oxygen atoms in total. The fourth-order valence-corrected chi connectivity index (χ4v) is 6.71. The molecule has 35 heavy (non-hydrogen) atoms. The van der Waals surface area contributed by atoms with E-state index in [4.69, 9.17) is 9.47 Å². The first-order valence-corrected chi connectivity index (χ1v) is 13.9. The molecule has 3 aliphatic rings. The summed E-state index contributed by atoms with van der Waals surface area (Å²) in [5.41, 5.74) is 0. The predicted molar refractivity (Wildman–Crippen MR) is 129 cm³/mol. The van der Waals surface area contributed by atoms with Crippen molar-refractivity contribution >= 4 is 5.97 Å². The van der Waals surface area contributed by atoms with Gasteiger partial charge in [-0.1, -0.05) is 32.6 Å². The van der Waals surface area contributed by atoms with Gasteiger partial charge in [-0.15, -0.1) is 0 Å². The van der Waals surface area contributed by atoms with Gasteiger partial charge in [0, 0.05) is 18.7 Å². The lowest BCUT2D eigenvalue weighted by atomic mass is 9.69. The molecule has 0 amide bonds. The van der Waals surface area contributed by atoms with Crippen molar-refractivity contribution in [1.82, 2.24) is 0 Å². The van der Waals surface area contributed by atoms with E-state index in [-0.39, 0.29) is 17.8 Å². The standard InChI is InChI=1S/C29H41F3O3/c1-2-3-19-4-8-21(9-5-19)22-10-6-20(7-11-22)18-34-24-14-12-23(13-15-24)29(33)35-25-16-26(30)28(32)27(31)17-25/h16-17,19-24H,2-15,18H2,1H3. The summed E-state index contributed by atoms with van der Waals surface area (Å²) in [7, 11) is 0. The summed E-state index contributed by atoms with van der Waals surface area (Å²) in [6.45, 7) is 3.11. The van der Waals surface area contributed by atoms with Crippen LogP contribution in [0.3, 0.4) is 0 Å². The van der Waals surface area contributed by atoms with Crippen molar-refractivity contribution in [1.29, 1.82) is 0 Å². The van der Waals surface area contributed by atoms with Crippen LogP contribution in [0.25, 0.3) is 0 Å². The van der Waals surface area contributed by atoms with Gasteiger partial charge in [0.2, 0.25) is 0 Å². The van der Waals surface area contributed by atoms with Gasteiger partial charge in [-0.25, -0.2) is 13.2 Å². The zero-order chi connectivity index (χ0) is 24.8. The molecule has 1 aromatic rings. The molecule has 0 unspecified atom stereocenters. The molecule has 0 heterocycles. The third kappa shape index (κ3) is 7.24. The zero-order valence-corrected chi connectivity index (χ0v) is 21.1. The van der Waals surface area contributed by atoms with Crippen molar-refractivity contribution in [3.8, 4) is 5.75 Å². The highest BCUT2D eigenvalue weighted by molar-refractivity contribution is 5.75. The fraction of sp³-hybridized carbons (Fsp3) is 0.759. The number of rotatable bonds is 8. The van der Waals surface area contributed by atoms with Crippen LogP contribution in [-0.4, -0.2) is 18.7 Å². The summed E-state index contributed by atoms with van der Waals surface area (Å²) in [6.07, 6.45) is 16.7. The molecule has 0 aromatic heterocycles. The molecule has 0 bridgehead atoms. The summed E-state index contributed by atoms with van der Waals surface area (Å²) < 4.78 is 51.2. The van der Waals surface area contributed by atoms with Crippen LogP contribution in [0.2, 0.25) is 0 Å². The average molecular weight is 495 g/mol. The smallest absolute Gasteiger partial charge is 0.314 e. The number of carbonyl (C=O) groups excluding carboxylic acids is 1.